The van der Waals surface area contributed by atoms with Crippen molar-refractivity contribution in [2.24, 2.45) is 16.7 Å². The zero-order valence-electron chi connectivity index (χ0n) is 16.5. The van der Waals surface area contributed by atoms with E-state index < -0.39 is 11.0 Å². The molecule has 0 amide bonds. The van der Waals surface area contributed by atoms with Crippen LogP contribution in [0.25, 0.3) is 0 Å². The summed E-state index contributed by atoms with van der Waals surface area (Å²) in [7, 11) is 3.50. The quantitative estimate of drug-likeness (QED) is 0.761. The fourth-order valence-electron chi connectivity index (χ4n) is 8.56. The first kappa shape index (κ1) is 16.4. The number of aldehydes is 1. The van der Waals surface area contributed by atoms with Gasteiger partial charge in [-0.2, -0.15) is 0 Å². The third-order valence-electron chi connectivity index (χ3n) is 9.46. The predicted molar refractivity (Wildman–Crippen MR) is 100 cm³/mol. The standard InChI is InChI=1S/C23H28O4/c1-20(13-24)12-21-9-10-23(20,26-3)19-22(21)8-4-5-15(21)11-14-6-7-16(25-2)18(27-19)17(14)22/h6-7,13,15,19H,4-5,8-12H2,1-3H3/t15-,19-,20-,21?,22+,23+/m1/s1. The number of fused-ring (bicyclic) bond motifs is 2. The molecule has 0 aromatic heterocycles. The molecule has 1 aromatic carbocycles. The Hall–Kier alpha value is -1.55. The highest BCUT2D eigenvalue weighted by Gasteiger charge is 2.82. The van der Waals surface area contributed by atoms with E-state index in [-0.39, 0.29) is 16.9 Å². The summed E-state index contributed by atoms with van der Waals surface area (Å²) in [4.78, 5) is 12.5. The van der Waals surface area contributed by atoms with Gasteiger partial charge in [-0.3, -0.25) is 0 Å². The first-order valence-electron chi connectivity index (χ1n) is 10.4. The van der Waals surface area contributed by atoms with Crippen LogP contribution in [0.1, 0.15) is 56.6 Å². The molecule has 1 heterocycles. The number of ether oxygens (including phenoxy) is 3. The molecule has 1 aromatic rings. The topological polar surface area (TPSA) is 44.8 Å². The minimum atomic E-state index is -0.559. The van der Waals surface area contributed by atoms with Crippen molar-refractivity contribution in [1.82, 2.24) is 0 Å². The fourth-order valence-corrected chi connectivity index (χ4v) is 8.56. The maximum absolute atomic E-state index is 12.5. The maximum atomic E-state index is 12.5. The van der Waals surface area contributed by atoms with Crippen LogP contribution in [0.4, 0.5) is 0 Å². The van der Waals surface area contributed by atoms with Crippen molar-refractivity contribution in [2.75, 3.05) is 14.2 Å². The molecule has 5 aliphatic carbocycles. The predicted octanol–water partition coefficient (Wildman–Crippen LogP) is 3.82. The van der Waals surface area contributed by atoms with Crippen LogP contribution < -0.4 is 9.47 Å². The molecule has 144 valence electrons. The zero-order chi connectivity index (χ0) is 18.7. The Bertz CT molecular complexity index is 864. The number of carbonyl (C=O) groups excluding carboxylic acids is 1. The highest BCUT2D eigenvalue weighted by molar-refractivity contribution is 5.69. The zero-order valence-corrected chi connectivity index (χ0v) is 16.5. The molecule has 27 heavy (non-hydrogen) atoms. The first-order chi connectivity index (χ1) is 13.0. The van der Waals surface area contributed by atoms with Gasteiger partial charge in [0.2, 0.25) is 0 Å². The maximum Gasteiger partial charge on any atom is 0.165 e. The second-order valence-electron chi connectivity index (χ2n) is 9.86. The van der Waals surface area contributed by atoms with Gasteiger partial charge in [0.25, 0.3) is 0 Å². The van der Waals surface area contributed by atoms with Crippen molar-refractivity contribution in [3.63, 3.8) is 0 Å². The van der Waals surface area contributed by atoms with Crippen molar-refractivity contribution in [2.45, 2.75) is 69.0 Å². The van der Waals surface area contributed by atoms with E-state index in [9.17, 15) is 4.79 Å². The van der Waals surface area contributed by atoms with Gasteiger partial charge in [0.1, 0.15) is 18.0 Å². The second kappa shape index (κ2) is 4.71. The summed E-state index contributed by atoms with van der Waals surface area (Å²) in [6.07, 6.45) is 8.82. The Morgan fingerprint density at radius 2 is 2.07 bits per heavy atom. The summed E-state index contributed by atoms with van der Waals surface area (Å²) in [5, 5.41) is 0. The molecule has 0 N–H and O–H groups in total. The molecule has 6 aliphatic rings. The van der Waals surface area contributed by atoms with E-state index in [0.717, 1.165) is 43.6 Å². The number of carbonyl (C=O) groups is 1. The SMILES string of the molecule is COc1ccc2c3c1O[C@@H]1[C@]34CCC[C@H](C2)C42CC[C@@]1(OC)[C@@](C)(C=O)C2. The van der Waals surface area contributed by atoms with Gasteiger partial charge < -0.3 is 19.0 Å². The van der Waals surface area contributed by atoms with Gasteiger partial charge in [0.05, 0.1) is 12.5 Å². The largest absolute Gasteiger partial charge is 0.493 e. The van der Waals surface area contributed by atoms with E-state index in [1.807, 2.05) is 0 Å². The van der Waals surface area contributed by atoms with Gasteiger partial charge in [0, 0.05) is 18.1 Å². The monoisotopic (exact) mass is 368 g/mol. The van der Waals surface area contributed by atoms with Crippen molar-refractivity contribution in [3.05, 3.63) is 23.3 Å². The van der Waals surface area contributed by atoms with E-state index >= 15 is 0 Å². The lowest BCUT2D eigenvalue weighted by molar-refractivity contribution is -0.290. The van der Waals surface area contributed by atoms with E-state index in [1.165, 1.54) is 30.3 Å². The summed E-state index contributed by atoms with van der Waals surface area (Å²) >= 11 is 0. The Morgan fingerprint density at radius 1 is 1.22 bits per heavy atom. The fraction of sp³-hybridized carbons (Fsp3) is 0.696. The minimum Gasteiger partial charge on any atom is -0.493 e. The van der Waals surface area contributed by atoms with Crippen LogP contribution in [-0.4, -0.2) is 32.2 Å². The summed E-state index contributed by atoms with van der Waals surface area (Å²) in [6, 6.07) is 4.33. The third-order valence-corrected chi connectivity index (χ3v) is 9.46. The molecule has 1 unspecified atom stereocenters. The number of methoxy groups -OCH3 is 2. The van der Waals surface area contributed by atoms with E-state index in [2.05, 4.69) is 19.1 Å². The Balaban J connectivity index is 1.72. The van der Waals surface area contributed by atoms with Crippen molar-refractivity contribution in [3.8, 4) is 11.5 Å². The first-order valence-corrected chi connectivity index (χ1v) is 10.4. The normalized spacial score (nSPS) is 48.0. The Labute approximate surface area is 160 Å². The van der Waals surface area contributed by atoms with Gasteiger partial charge in [-0.25, -0.2) is 0 Å². The van der Waals surface area contributed by atoms with E-state index in [4.69, 9.17) is 14.2 Å². The summed E-state index contributed by atoms with van der Waals surface area (Å²) < 4.78 is 18.8. The lowest BCUT2D eigenvalue weighted by Crippen LogP contribution is -2.80. The number of hydrogen-bond donors (Lipinski definition) is 0. The molecule has 0 radical (unpaired) electrons. The van der Waals surface area contributed by atoms with Crippen LogP contribution in [0.2, 0.25) is 0 Å². The van der Waals surface area contributed by atoms with Crippen LogP contribution in [0.5, 0.6) is 11.5 Å². The van der Waals surface area contributed by atoms with E-state index in [1.54, 1.807) is 14.2 Å². The minimum absolute atomic E-state index is 0.0237. The third kappa shape index (κ3) is 1.41. The van der Waals surface area contributed by atoms with Gasteiger partial charge in [-0.1, -0.05) is 12.5 Å². The van der Waals surface area contributed by atoms with Gasteiger partial charge in [-0.15, -0.1) is 0 Å². The highest BCUT2D eigenvalue weighted by Crippen LogP contribution is 2.80. The molecule has 2 spiro atoms. The van der Waals surface area contributed by atoms with Crippen LogP contribution in [0.15, 0.2) is 12.1 Å². The van der Waals surface area contributed by atoms with Gasteiger partial charge in [0.15, 0.2) is 11.5 Å². The van der Waals surface area contributed by atoms with Crippen molar-refractivity contribution in [1.29, 1.82) is 0 Å². The molecule has 4 heteroatoms. The molecular weight excluding hydrogens is 340 g/mol. The summed E-state index contributed by atoms with van der Waals surface area (Å²) in [5.41, 5.74) is 1.90. The van der Waals surface area contributed by atoms with Crippen LogP contribution in [-0.2, 0) is 21.4 Å². The molecule has 6 atom stereocenters. The molecule has 4 bridgehead atoms. The molecule has 0 saturated heterocycles. The molecule has 4 fully saturated rings. The van der Waals surface area contributed by atoms with Crippen molar-refractivity contribution < 1.29 is 19.0 Å². The average molecular weight is 368 g/mol. The molecular formula is C23H28O4. The lowest BCUT2D eigenvalue weighted by atomic mass is 9.30. The Kier molecular flexibility index (Phi) is 2.86. The number of hydrogen-bond acceptors (Lipinski definition) is 4. The molecule has 4 nitrogen and oxygen atoms in total. The highest BCUT2D eigenvalue weighted by atomic mass is 16.6. The summed E-state index contributed by atoms with van der Waals surface area (Å²) in [6.45, 7) is 2.12. The number of benzene rings is 1. The van der Waals surface area contributed by atoms with Gasteiger partial charge in [-0.05, 0) is 68.4 Å². The van der Waals surface area contributed by atoms with E-state index in [0.29, 0.717) is 5.92 Å². The van der Waals surface area contributed by atoms with Crippen LogP contribution in [0, 0.1) is 16.7 Å². The average Bonchev–Trinajstić information content (AvgIpc) is 3.03. The Morgan fingerprint density at radius 3 is 2.81 bits per heavy atom. The second-order valence-corrected chi connectivity index (χ2v) is 9.86. The number of rotatable bonds is 3. The van der Waals surface area contributed by atoms with Crippen LogP contribution >= 0.6 is 0 Å². The lowest BCUT2D eigenvalue weighted by Gasteiger charge is -2.74. The van der Waals surface area contributed by atoms with Crippen LogP contribution in [0.3, 0.4) is 0 Å². The molecule has 4 saturated carbocycles. The summed E-state index contributed by atoms with van der Waals surface area (Å²) in [5.74, 6) is 2.40. The molecule has 7 rings (SSSR count). The van der Waals surface area contributed by atoms with Crippen molar-refractivity contribution >= 4 is 6.29 Å². The molecule has 1 aliphatic heterocycles. The van der Waals surface area contributed by atoms with Gasteiger partial charge >= 0.3 is 0 Å². The smallest absolute Gasteiger partial charge is 0.165 e.